The normalized spacial score (nSPS) is 11.5. The zero-order valence-electron chi connectivity index (χ0n) is 13.8. The fourth-order valence-corrected chi connectivity index (χ4v) is 2.31. The summed E-state index contributed by atoms with van der Waals surface area (Å²) < 4.78 is 7.16. The third-order valence-electron chi connectivity index (χ3n) is 3.50. The maximum Gasteiger partial charge on any atom is 0.191 e. The number of rotatable bonds is 8. The van der Waals surface area contributed by atoms with Crippen LogP contribution in [0.4, 0.5) is 0 Å². The van der Waals surface area contributed by atoms with Crippen LogP contribution < -0.4 is 10.6 Å². The molecule has 23 heavy (non-hydrogen) atoms. The number of nitrogens with zero attached hydrogens (tertiary/aromatic N) is 3. The molecule has 0 saturated carbocycles. The second-order valence-corrected chi connectivity index (χ2v) is 5.18. The lowest BCUT2D eigenvalue weighted by Crippen LogP contribution is -2.37. The van der Waals surface area contributed by atoms with E-state index in [1.54, 1.807) is 20.4 Å². The fraction of sp³-hybridized carbons (Fsp3) is 0.412. The van der Waals surface area contributed by atoms with Gasteiger partial charge in [-0.2, -0.15) is 5.10 Å². The van der Waals surface area contributed by atoms with Crippen molar-refractivity contribution in [3.05, 3.63) is 53.9 Å². The van der Waals surface area contributed by atoms with Gasteiger partial charge >= 0.3 is 0 Å². The molecule has 2 N–H and O–H groups in total. The van der Waals surface area contributed by atoms with E-state index < -0.39 is 0 Å². The first-order chi connectivity index (χ1) is 11.3. The molecule has 0 spiro atoms. The molecule has 0 saturated heterocycles. The van der Waals surface area contributed by atoms with Crippen LogP contribution in [0.5, 0.6) is 0 Å². The Morgan fingerprint density at radius 3 is 2.74 bits per heavy atom. The molecular formula is C17H25N5O. The summed E-state index contributed by atoms with van der Waals surface area (Å²) in [7, 11) is 3.49. The molecule has 0 unspecified atom stereocenters. The zero-order valence-corrected chi connectivity index (χ0v) is 13.8. The third kappa shape index (κ3) is 5.75. The minimum atomic E-state index is 0.619. The molecule has 0 aliphatic rings. The lowest BCUT2D eigenvalue weighted by molar-refractivity contribution is 0.184. The Labute approximate surface area is 137 Å². The predicted octanol–water partition coefficient (Wildman–Crippen LogP) is 1.78. The van der Waals surface area contributed by atoms with Gasteiger partial charge < -0.3 is 15.4 Å². The Morgan fingerprint density at radius 1 is 1.22 bits per heavy atom. The summed E-state index contributed by atoms with van der Waals surface area (Å²) in [5, 5.41) is 10.8. The molecule has 0 aliphatic heterocycles. The van der Waals surface area contributed by atoms with Crippen molar-refractivity contribution in [2.24, 2.45) is 4.99 Å². The topological polar surface area (TPSA) is 63.5 Å². The highest BCUT2D eigenvalue weighted by Gasteiger charge is 2.03. The van der Waals surface area contributed by atoms with Crippen molar-refractivity contribution in [1.29, 1.82) is 0 Å². The van der Waals surface area contributed by atoms with E-state index in [9.17, 15) is 0 Å². The number of nitrogens with one attached hydrogen (secondary N) is 2. The number of aromatic nitrogens is 2. The minimum absolute atomic E-state index is 0.619. The van der Waals surface area contributed by atoms with Crippen LogP contribution in [0.25, 0.3) is 0 Å². The molecule has 0 amide bonds. The van der Waals surface area contributed by atoms with Crippen LogP contribution in [0.3, 0.4) is 0 Å². The van der Waals surface area contributed by atoms with E-state index in [0.29, 0.717) is 6.61 Å². The average Bonchev–Trinajstić information content (AvgIpc) is 3.09. The number of hydrogen-bond donors (Lipinski definition) is 2. The van der Waals surface area contributed by atoms with E-state index in [0.717, 1.165) is 32.0 Å². The maximum absolute atomic E-state index is 5.23. The summed E-state index contributed by atoms with van der Waals surface area (Å²) >= 11 is 0. The first kappa shape index (κ1) is 17.0. The second kappa shape index (κ2) is 9.63. The number of hydrogen-bond acceptors (Lipinski definition) is 3. The van der Waals surface area contributed by atoms with Crippen LogP contribution in [0.2, 0.25) is 0 Å². The summed E-state index contributed by atoms with van der Waals surface area (Å²) in [5.41, 5.74) is 2.41. The lowest BCUT2D eigenvalue weighted by Gasteiger charge is -2.14. The van der Waals surface area contributed by atoms with Gasteiger partial charge in [-0.3, -0.25) is 9.67 Å². The van der Waals surface area contributed by atoms with E-state index in [1.165, 1.54) is 11.1 Å². The van der Waals surface area contributed by atoms with E-state index in [-0.39, 0.29) is 0 Å². The summed E-state index contributed by atoms with van der Waals surface area (Å²) in [6.07, 6.45) is 4.76. The number of aliphatic imine (C=N–C) groups is 1. The average molecular weight is 315 g/mol. The largest absolute Gasteiger partial charge is 0.380 e. The van der Waals surface area contributed by atoms with Gasteiger partial charge in [0.25, 0.3) is 0 Å². The molecule has 0 bridgehead atoms. The summed E-state index contributed by atoms with van der Waals surface area (Å²) in [5.74, 6) is 0.803. The summed E-state index contributed by atoms with van der Waals surface area (Å²) in [6.45, 7) is 3.08. The number of benzene rings is 1. The van der Waals surface area contributed by atoms with E-state index in [4.69, 9.17) is 4.74 Å². The van der Waals surface area contributed by atoms with Crippen molar-refractivity contribution in [3.8, 4) is 0 Å². The highest BCUT2D eigenvalue weighted by atomic mass is 16.5. The predicted molar refractivity (Wildman–Crippen MR) is 92.2 cm³/mol. The molecule has 0 atom stereocenters. The van der Waals surface area contributed by atoms with Crippen LogP contribution in [0.1, 0.15) is 17.5 Å². The van der Waals surface area contributed by atoms with Gasteiger partial charge in [0.1, 0.15) is 0 Å². The molecule has 0 radical (unpaired) electrons. The van der Waals surface area contributed by atoms with Gasteiger partial charge in [0, 0.05) is 46.2 Å². The van der Waals surface area contributed by atoms with Gasteiger partial charge in [-0.05, 0) is 23.6 Å². The lowest BCUT2D eigenvalue weighted by atomic mass is 10.1. The van der Waals surface area contributed by atoms with Crippen molar-refractivity contribution in [1.82, 2.24) is 20.4 Å². The Bertz CT molecular complexity index is 595. The highest BCUT2D eigenvalue weighted by Crippen LogP contribution is 2.09. The molecule has 6 nitrogen and oxygen atoms in total. The molecule has 0 aliphatic carbocycles. The van der Waals surface area contributed by atoms with Crippen LogP contribution in [0, 0.1) is 0 Å². The van der Waals surface area contributed by atoms with Gasteiger partial charge in [0.2, 0.25) is 0 Å². The van der Waals surface area contributed by atoms with Crippen molar-refractivity contribution in [2.75, 3.05) is 20.7 Å². The maximum atomic E-state index is 5.23. The van der Waals surface area contributed by atoms with Crippen LogP contribution in [-0.4, -0.2) is 36.4 Å². The first-order valence-electron chi connectivity index (χ1n) is 7.81. The quantitative estimate of drug-likeness (QED) is 0.443. The monoisotopic (exact) mass is 315 g/mol. The van der Waals surface area contributed by atoms with Crippen molar-refractivity contribution < 1.29 is 4.74 Å². The van der Waals surface area contributed by atoms with E-state index >= 15 is 0 Å². The molecule has 124 valence electrons. The summed E-state index contributed by atoms with van der Waals surface area (Å²) in [6, 6.07) is 10.2. The molecule has 6 heteroatoms. The Morgan fingerprint density at radius 2 is 2.04 bits per heavy atom. The SMILES string of the molecule is CN=C(NCCCn1cccn1)NCc1ccccc1COC. The number of methoxy groups -OCH3 is 1. The Hall–Kier alpha value is -2.34. The minimum Gasteiger partial charge on any atom is -0.380 e. The van der Waals surface area contributed by atoms with Crippen molar-refractivity contribution in [2.45, 2.75) is 26.1 Å². The van der Waals surface area contributed by atoms with Gasteiger partial charge in [0.05, 0.1) is 6.61 Å². The van der Waals surface area contributed by atoms with Crippen LogP contribution in [0.15, 0.2) is 47.7 Å². The smallest absolute Gasteiger partial charge is 0.191 e. The first-order valence-corrected chi connectivity index (χ1v) is 7.81. The molecule has 0 fully saturated rings. The molecule has 1 aromatic carbocycles. The van der Waals surface area contributed by atoms with E-state index in [1.807, 2.05) is 29.1 Å². The second-order valence-electron chi connectivity index (χ2n) is 5.18. The highest BCUT2D eigenvalue weighted by molar-refractivity contribution is 5.79. The van der Waals surface area contributed by atoms with Gasteiger partial charge in [-0.15, -0.1) is 0 Å². The third-order valence-corrected chi connectivity index (χ3v) is 3.50. The number of aryl methyl sites for hydroxylation is 1. The van der Waals surface area contributed by atoms with Gasteiger partial charge in [-0.25, -0.2) is 0 Å². The van der Waals surface area contributed by atoms with E-state index in [2.05, 4.69) is 32.9 Å². The fourth-order valence-electron chi connectivity index (χ4n) is 2.31. The van der Waals surface area contributed by atoms with Gasteiger partial charge in [-0.1, -0.05) is 24.3 Å². The summed E-state index contributed by atoms with van der Waals surface area (Å²) in [4.78, 5) is 4.25. The van der Waals surface area contributed by atoms with Crippen LogP contribution >= 0.6 is 0 Å². The molecule has 1 heterocycles. The molecule has 1 aromatic heterocycles. The van der Waals surface area contributed by atoms with Crippen LogP contribution in [-0.2, 0) is 24.4 Å². The van der Waals surface area contributed by atoms with Crippen molar-refractivity contribution in [3.63, 3.8) is 0 Å². The standard InChI is InChI=1S/C17H25N5O/c1-18-17(19-9-5-11-22-12-6-10-21-22)20-13-15-7-3-4-8-16(15)14-23-2/h3-4,6-8,10,12H,5,9,11,13-14H2,1-2H3,(H2,18,19,20). The number of ether oxygens (including phenoxy) is 1. The molecule has 2 aromatic rings. The Balaban J connectivity index is 1.74. The molecular weight excluding hydrogens is 290 g/mol. The zero-order chi connectivity index (χ0) is 16.3. The number of guanidine groups is 1. The van der Waals surface area contributed by atoms with Gasteiger partial charge in [0.15, 0.2) is 5.96 Å². The van der Waals surface area contributed by atoms with Crippen molar-refractivity contribution >= 4 is 5.96 Å². The molecule has 2 rings (SSSR count). The Kier molecular flexibility index (Phi) is 7.13.